The summed E-state index contributed by atoms with van der Waals surface area (Å²) < 4.78 is 37.7. The topological polar surface area (TPSA) is 54.0 Å². The number of hydrogen-bond donors (Lipinski definition) is 2. The highest BCUT2D eigenvalue weighted by Crippen LogP contribution is 2.32. The summed E-state index contributed by atoms with van der Waals surface area (Å²) in [6.07, 6.45) is -3.85. The molecule has 1 aromatic heterocycles. The van der Waals surface area contributed by atoms with E-state index in [9.17, 15) is 18.0 Å². The molecule has 0 atom stereocenters. The van der Waals surface area contributed by atoms with Crippen LogP contribution in [0.2, 0.25) is 5.02 Å². The highest BCUT2D eigenvalue weighted by molar-refractivity contribution is 6.33. The van der Waals surface area contributed by atoms with Gasteiger partial charge in [-0.3, -0.25) is 4.79 Å². The third kappa shape index (κ3) is 4.85. The van der Waals surface area contributed by atoms with Gasteiger partial charge in [-0.05, 0) is 38.0 Å². The lowest BCUT2D eigenvalue weighted by Crippen LogP contribution is -2.23. The number of anilines is 2. The SMILES string of the molecule is Cc1cc(C)c(NC(=O)CNc2ncc(C(F)(F)F)cc2Cl)c(C)c1. The number of nitrogens with zero attached hydrogens (tertiary/aromatic N) is 1. The Morgan fingerprint density at radius 3 is 2.28 bits per heavy atom. The van der Waals surface area contributed by atoms with Crippen molar-refractivity contribution in [2.24, 2.45) is 0 Å². The second-order valence-corrected chi connectivity index (χ2v) is 6.13. The minimum atomic E-state index is -4.52. The molecule has 0 spiro atoms. The molecule has 2 aromatic rings. The van der Waals surface area contributed by atoms with Crippen LogP contribution in [0.5, 0.6) is 0 Å². The predicted molar refractivity (Wildman–Crippen MR) is 92.0 cm³/mol. The number of aryl methyl sites for hydroxylation is 3. The summed E-state index contributed by atoms with van der Waals surface area (Å²) in [5.41, 5.74) is 2.71. The molecule has 0 aliphatic heterocycles. The molecule has 2 rings (SSSR count). The predicted octanol–water partition coefficient (Wildman–Crippen LogP) is 4.73. The number of rotatable bonds is 4. The Kier molecular flexibility index (Phi) is 5.57. The Morgan fingerprint density at radius 2 is 1.76 bits per heavy atom. The second-order valence-electron chi connectivity index (χ2n) is 5.73. The molecule has 0 unspecified atom stereocenters. The molecule has 8 heteroatoms. The zero-order chi connectivity index (χ0) is 18.8. The van der Waals surface area contributed by atoms with E-state index in [1.165, 1.54) is 0 Å². The first-order valence-corrected chi connectivity index (χ1v) is 7.80. The second kappa shape index (κ2) is 7.31. The average molecular weight is 372 g/mol. The molecule has 0 aliphatic carbocycles. The first-order valence-electron chi connectivity index (χ1n) is 7.42. The number of pyridine rings is 1. The molecule has 1 amide bonds. The van der Waals surface area contributed by atoms with Gasteiger partial charge >= 0.3 is 6.18 Å². The minimum absolute atomic E-state index is 0.0159. The van der Waals surface area contributed by atoms with Gasteiger partial charge in [0.2, 0.25) is 5.91 Å². The smallest absolute Gasteiger partial charge is 0.360 e. The van der Waals surface area contributed by atoms with E-state index < -0.39 is 11.7 Å². The summed E-state index contributed by atoms with van der Waals surface area (Å²) in [4.78, 5) is 15.7. The molecule has 0 fully saturated rings. The molecule has 25 heavy (non-hydrogen) atoms. The first kappa shape index (κ1) is 19.1. The number of halogens is 4. The summed E-state index contributed by atoms with van der Waals surface area (Å²) in [7, 11) is 0. The Bertz CT molecular complexity index is 783. The van der Waals surface area contributed by atoms with E-state index in [4.69, 9.17) is 11.6 Å². The highest BCUT2D eigenvalue weighted by atomic mass is 35.5. The molecule has 0 radical (unpaired) electrons. The first-order chi connectivity index (χ1) is 11.6. The summed E-state index contributed by atoms with van der Waals surface area (Å²) in [6, 6.07) is 4.66. The van der Waals surface area contributed by atoms with Crippen molar-refractivity contribution >= 4 is 29.0 Å². The largest absolute Gasteiger partial charge is 0.417 e. The van der Waals surface area contributed by atoms with Crippen molar-refractivity contribution < 1.29 is 18.0 Å². The highest BCUT2D eigenvalue weighted by Gasteiger charge is 2.31. The zero-order valence-corrected chi connectivity index (χ0v) is 14.6. The molecular weight excluding hydrogens is 355 g/mol. The molecule has 1 aromatic carbocycles. The Morgan fingerprint density at radius 1 is 1.16 bits per heavy atom. The van der Waals surface area contributed by atoms with E-state index in [0.29, 0.717) is 11.9 Å². The van der Waals surface area contributed by atoms with Gasteiger partial charge in [0.1, 0.15) is 5.82 Å². The molecule has 1 heterocycles. The van der Waals surface area contributed by atoms with Crippen LogP contribution in [0.4, 0.5) is 24.7 Å². The van der Waals surface area contributed by atoms with Crippen LogP contribution >= 0.6 is 11.6 Å². The van der Waals surface area contributed by atoms with E-state index in [-0.39, 0.29) is 23.3 Å². The van der Waals surface area contributed by atoms with Crippen molar-refractivity contribution in [3.63, 3.8) is 0 Å². The number of carbonyl (C=O) groups excluding carboxylic acids is 1. The Hall–Kier alpha value is -2.28. The average Bonchev–Trinajstić information content (AvgIpc) is 2.48. The summed E-state index contributed by atoms with van der Waals surface area (Å²) in [5.74, 6) is -0.338. The van der Waals surface area contributed by atoms with Crippen LogP contribution in [0.25, 0.3) is 0 Å². The van der Waals surface area contributed by atoms with Crippen molar-refractivity contribution in [1.29, 1.82) is 0 Å². The fraction of sp³-hybridized carbons (Fsp3) is 0.294. The lowest BCUT2D eigenvalue weighted by Gasteiger charge is -2.14. The van der Waals surface area contributed by atoms with Gasteiger partial charge in [0.15, 0.2) is 0 Å². The number of hydrogen-bond acceptors (Lipinski definition) is 3. The monoisotopic (exact) mass is 371 g/mol. The Balaban J connectivity index is 2.04. The lowest BCUT2D eigenvalue weighted by atomic mass is 10.1. The number of aromatic nitrogens is 1. The van der Waals surface area contributed by atoms with Crippen LogP contribution in [0, 0.1) is 20.8 Å². The van der Waals surface area contributed by atoms with Crippen LogP contribution in [-0.2, 0) is 11.0 Å². The van der Waals surface area contributed by atoms with Gasteiger partial charge in [-0.25, -0.2) is 4.98 Å². The number of benzene rings is 1. The molecular formula is C17H17ClF3N3O. The Labute approximate surface area is 148 Å². The summed E-state index contributed by atoms with van der Waals surface area (Å²) in [6.45, 7) is 5.56. The van der Waals surface area contributed by atoms with Gasteiger partial charge in [0, 0.05) is 11.9 Å². The van der Waals surface area contributed by atoms with Gasteiger partial charge in [-0.1, -0.05) is 29.3 Å². The molecule has 2 N–H and O–H groups in total. The number of carbonyl (C=O) groups is 1. The third-order valence-electron chi connectivity index (χ3n) is 3.53. The maximum absolute atomic E-state index is 12.6. The molecule has 0 saturated heterocycles. The molecule has 134 valence electrons. The molecule has 0 aliphatic rings. The number of amides is 1. The standard InChI is InChI=1S/C17H17ClF3N3O/c1-9-4-10(2)15(11(3)5-9)24-14(25)8-23-16-13(18)6-12(7-22-16)17(19,20)21/h4-7H,8H2,1-3H3,(H,22,23)(H,24,25). The van der Waals surface area contributed by atoms with Gasteiger partial charge < -0.3 is 10.6 Å². The van der Waals surface area contributed by atoms with Crippen molar-refractivity contribution in [2.45, 2.75) is 26.9 Å². The van der Waals surface area contributed by atoms with Crippen LogP contribution in [0.3, 0.4) is 0 Å². The van der Waals surface area contributed by atoms with E-state index in [1.54, 1.807) is 0 Å². The van der Waals surface area contributed by atoms with Crippen molar-refractivity contribution in [3.8, 4) is 0 Å². The fourth-order valence-electron chi connectivity index (χ4n) is 2.45. The molecule has 0 bridgehead atoms. The normalized spacial score (nSPS) is 11.3. The van der Waals surface area contributed by atoms with E-state index in [2.05, 4.69) is 15.6 Å². The van der Waals surface area contributed by atoms with Gasteiger partial charge in [0.05, 0.1) is 17.1 Å². The van der Waals surface area contributed by atoms with Crippen LogP contribution in [0.1, 0.15) is 22.3 Å². The van der Waals surface area contributed by atoms with Crippen molar-refractivity contribution in [1.82, 2.24) is 4.98 Å². The number of alkyl halides is 3. The van der Waals surface area contributed by atoms with Crippen molar-refractivity contribution in [2.75, 3.05) is 17.2 Å². The zero-order valence-electron chi connectivity index (χ0n) is 13.9. The molecule has 0 saturated carbocycles. The van der Waals surface area contributed by atoms with Crippen LogP contribution in [0.15, 0.2) is 24.4 Å². The molecule has 4 nitrogen and oxygen atoms in total. The summed E-state index contributed by atoms with van der Waals surface area (Å²) in [5, 5.41) is 5.21. The van der Waals surface area contributed by atoms with E-state index in [1.807, 2.05) is 32.9 Å². The quantitative estimate of drug-likeness (QED) is 0.817. The minimum Gasteiger partial charge on any atom is -0.360 e. The maximum atomic E-state index is 12.6. The fourth-order valence-corrected chi connectivity index (χ4v) is 2.68. The van der Waals surface area contributed by atoms with Crippen molar-refractivity contribution in [3.05, 3.63) is 51.7 Å². The summed E-state index contributed by atoms with van der Waals surface area (Å²) >= 11 is 5.79. The number of nitrogens with one attached hydrogen (secondary N) is 2. The lowest BCUT2D eigenvalue weighted by molar-refractivity contribution is -0.137. The van der Waals surface area contributed by atoms with Gasteiger partial charge in [-0.2, -0.15) is 13.2 Å². The van der Waals surface area contributed by atoms with Gasteiger partial charge in [-0.15, -0.1) is 0 Å². The van der Waals surface area contributed by atoms with E-state index >= 15 is 0 Å². The van der Waals surface area contributed by atoms with Gasteiger partial charge in [0.25, 0.3) is 0 Å². The van der Waals surface area contributed by atoms with E-state index in [0.717, 1.165) is 22.8 Å². The van der Waals surface area contributed by atoms with Crippen LogP contribution < -0.4 is 10.6 Å². The van der Waals surface area contributed by atoms with Crippen LogP contribution in [-0.4, -0.2) is 17.4 Å². The third-order valence-corrected chi connectivity index (χ3v) is 3.81. The maximum Gasteiger partial charge on any atom is 0.417 e.